The van der Waals surface area contributed by atoms with Gasteiger partial charge < -0.3 is 29.8 Å². The number of benzene rings is 1. The average molecular weight is 710 g/mol. The Morgan fingerprint density at radius 2 is 1.90 bits per heavy atom. The Morgan fingerprint density at radius 3 is 2.63 bits per heavy atom. The van der Waals surface area contributed by atoms with Gasteiger partial charge in [0.15, 0.2) is 0 Å². The molecule has 1 aromatic carbocycles. The lowest BCUT2D eigenvalue weighted by molar-refractivity contribution is -0.148. The number of nitrogens with zero attached hydrogens (tertiary/aromatic N) is 4. The number of carbonyl (C=O) groups is 3. The Morgan fingerprint density at radius 1 is 1.12 bits per heavy atom. The summed E-state index contributed by atoms with van der Waals surface area (Å²) in [5.41, 5.74) is 1.92. The molecule has 2 aliphatic carbocycles. The van der Waals surface area contributed by atoms with Crippen molar-refractivity contribution in [2.75, 3.05) is 25.5 Å². The summed E-state index contributed by atoms with van der Waals surface area (Å²) in [5, 5.41) is 3.48. The van der Waals surface area contributed by atoms with Crippen molar-refractivity contribution in [2.24, 2.45) is 11.8 Å². The van der Waals surface area contributed by atoms with Crippen LogP contribution < -0.4 is 10.2 Å². The van der Waals surface area contributed by atoms with Crippen molar-refractivity contribution in [1.82, 2.24) is 20.1 Å². The highest BCUT2D eigenvalue weighted by Crippen LogP contribution is 2.56. The lowest BCUT2D eigenvalue weighted by atomic mass is 9.95. The molecule has 1 spiro atoms. The number of thiophene rings is 1. The SMILES string of the molecule is CN(C)c1ccncc1[C@H]1CN(C(=O)[C@@H]2CC[C@@H]3C[C@H]4C[C@H]4CC(NC(=O)c4cc5cc([C@H](F)P(=O)(O)O)ccc5s4)C(=O)N32)C2(CC2)C1. The third kappa shape index (κ3) is 5.86. The van der Waals surface area contributed by atoms with Gasteiger partial charge in [0.1, 0.15) is 12.1 Å². The topological polar surface area (TPSA) is 143 Å². The van der Waals surface area contributed by atoms with E-state index < -0.39 is 31.5 Å². The van der Waals surface area contributed by atoms with Gasteiger partial charge in [0.2, 0.25) is 17.7 Å². The van der Waals surface area contributed by atoms with Crippen LogP contribution in [0.3, 0.4) is 0 Å². The second-order valence-electron chi connectivity index (χ2n) is 15.0. The van der Waals surface area contributed by atoms with Gasteiger partial charge in [-0.1, -0.05) is 6.07 Å². The van der Waals surface area contributed by atoms with Gasteiger partial charge in [0.05, 0.1) is 4.88 Å². The molecule has 49 heavy (non-hydrogen) atoms. The number of amides is 3. The van der Waals surface area contributed by atoms with Crippen molar-refractivity contribution in [3.63, 3.8) is 0 Å². The molecule has 0 radical (unpaired) electrons. The maximum atomic E-state index is 14.5. The Hall–Kier alpha value is -3.38. The molecule has 3 saturated heterocycles. The van der Waals surface area contributed by atoms with E-state index in [-0.39, 0.29) is 34.9 Å². The number of anilines is 1. The third-order valence-corrected chi connectivity index (χ3v) is 13.6. The molecule has 0 bridgehead atoms. The van der Waals surface area contributed by atoms with Crippen LogP contribution in [-0.4, -0.2) is 86.6 Å². The minimum absolute atomic E-state index is 0.0194. The summed E-state index contributed by atoms with van der Waals surface area (Å²) < 4.78 is 26.5. The van der Waals surface area contributed by atoms with Gasteiger partial charge in [-0.05, 0) is 104 Å². The van der Waals surface area contributed by atoms with E-state index in [2.05, 4.69) is 20.1 Å². The number of hydrogen-bond donors (Lipinski definition) is 3. The van der Waals surface area contributed by atoms with Crippen LogP contribution in [0.4, 0.5) is 10.1 Å². The molecule has 8 rings (SSSR count). The van der Waals surface area contributed by atoms with E-state index in [4.69, 9.17) is 0 Å². The molecule has 260 valence electrons. The molecule has 3 amide bonds. The minimum Gasteiger partial charge on any atom is -0.377 e. The summed E-state index contributed by atoms with van der Waals surface area (Å²) in [6.07, 6.45) is 10.3. The summed E-state index contributed by atoms with van der Waals surface area (Å²) >= 11 is 1.17. The van der Waals surface area contributed by atoms with Crippen LogP contribution in [0.5, 0.6) is 0 Å². The Labute approximate surface area is 288 Å². The number of aromatic nitrogens is 1. The van der Waals surface area contributed by atoms with E-state index in [1.165, 1.54) is 23.5 Å². The zero-order valence-corrected chi connectivity index (χ0v) is 29.2. The number of pyridine rings is 1. The Kier molecular flexibility index (Phi) is 7.94. The van der Waals surface area contributed by atoms with Crippen LogP contribution >= 0.6 is 18.9 Å². The van der Waals surface area contributed by atoms with E-state index in [0.717, 1.165) is 49.8 Å². The second kappa shape index (κ2) is 11.9. The first kappa shape index (κ1) is 32.8. The molecule has 11 nitrogen and oxygen atoms in total. The zero-order valence-electron chi connectivity index (χ0n) is 27.5. The van der Waals surface area contributed by atoms with Gasteiger partial charge >= 0.3 is 7.60 Å². The summed E-state index contributed by atoms with van der Waals surface area (Å²) in [5.74, 6) is -2.08. The van der Waals surface area contributed by atoms with Gasteiger partial charge in [0, 0.05) is 60.9 Å². The van der Waals surface area contributed by atoms with Gasteiger partial charge in [-0.3, -0.25) is 23.9 Å². The molecule has 5 aliphatic rings. The van der Waals surface area contributed by atoms with Crippen molar-refractivity contribution in [2.45, 2.75) is 86.9 Å². The summed E-state index contributed by atoms with van der Waals surface area (Å²) in [6.45, 7) is 0.602. The number of nitrogens with one attached hydrogen (secondary N) is 1. The molecule has 3 N–H and O–H groups in total. The minimum atomic E-state index is -4.98. The highest BCUT2D eigenvalue weighted by Gasteiger charge is 2.59. The molecule has 5 heterocycles. The van der Waals surface area contributed by atoms with Gasteiger partial charge in [-0.25, -0.2) is 4.39 Å². The highest BCUT2D eigenvalue weighted by atomic mass is 32.1. The molecule has 14 heteroatoms. The number of carbonyl (C=O) groups excluding carboxylic acids is 3. The maximum absolute atomic E-state index is 14.5. The molecule has 2 saturated carbocycles. The Balaban J connectivity index is 1.02. The van der Waals surface area contributed by atoms with Crippen molar-refractivity contribution >= 4 is 52.4 Å². The summed E-state index contributed by atoms with van der Waals surface area (Å²) in [4.78, 5) is 71.8. The van der Waals surface area contributed by atoms with Crippen molar-refractivity contribution in [3.8, 4) is 0 Å². The van der Waals surface area contributed by atoms with Gasteiger partial charge in [0.25, 0.3) is 5.91 Å². The predicted octanol–water partition coefficient (Wildman–Crippen LogP) is 4.94. The average Bonchev–Trinajstić information content (AvgIpc) is 3.81. The largest absolute Gasteiger partial charge is 0.377 e. The van der Waals surface area contributed by atoms with Crippen molar-refractivity contribution in [1.29, 1.82) is 0 Å². The molecule has 2 aromatic heterocycles. The van der Waals surface area contributed by atoms with E-state index in [9.17, 15) is 33.1 Å². The fourth-order valence-electron chi connectivity index (χ4n) is 8.88. The van der Waals surface area contributed by atoms with Crippen molar-refractivity contribution < 1.29 is 33.1 Å². The van der Waals surface area contributed by atoms with Gasteiger partial charge in [-0.15, -0.1) is 11.3 Å². The molecule has 1 unspecified atom stereocenters. The number of likely N-dealkylation sites (tertiary alicyclic amines) is 1. The lowest BCUT2D eigenvalue weighted by Crippen LogP contribution is -2.57. The van der Waals surface area contributed by atoms with E-state index in [1.54, 1.807) is 18.3 Å². The number of rotatable bonds is 7. The predicted molar refractivity (Wildman–Crippen MR) is 183 cm³/mol. The normalized spacial score (nSPS) is 29.3. The zero-order chi connectivity index (χ0) is 34.4. The fraction of sp³-hybridized carbons (Fsp3) is 0.543. The fourth-order valence-corrected chi connectivity index (χ4v) is 10.4. The molecule has 7 atom stereocenters. The Bertz CT molecular complexity index is 1890. The highest BCUT2D eigenvalue weighted by molar-refractivity contribution is 7.51. The van der Waals surface area contributed by atoms with E-state index in [0.29, 0.717) is 46.2 Å². The first-order valence-electron chi connectivity index (χ1n) is 17.1. The van der Waals surface area contributed by atoms with Crippen LogP contribution in [0.25, 0.3) is 10.1 Å². The number of fused-ring (bicyclic) bond motifs is 3. The molecule has 3 aromatic rings. The second-order valence-corrected chi connectivity index (χ2v) is 17.7. The van der Waals surface area contributed by atoms with Crippen LogP contribution in [0.2, 0.25) is 0 Å². The smallest absolute Gasteiger partial charge is 0.363 e. The summed E-state index contributed by atoms with van der Waals surface area (Å²) in [7, 11) is -0.948. The van der Waals surface area contributed by atoms with Crippen LogP contribution in [0, 0.1) is 11.8 Å². The number of halogens is 1. The van der Waals surface area contributed by atoms with Crippen LogP contribution in [0.1, 0.15) is 84.0 Å². The van der Waals surface area contributed by atoms with E-state index in [1.807, 2.05) is 31.3 Å². The maximum Gasteiger partial charge on any atom is 0.363 e. The summed E-state index contributed by atoms with van der Waals surface area (Å²) in [6, 6.07) is 6.41. The monoisotopic (exact) mass is 709 g/mol. The van der Waals surface area contributed by atoms with Crippen LogP contribution in [0.15, 0.2) is 42.7 Å². The first-order valence-corrected chi connectivity index (χ1v) is 19.6. The lowest BCUT2D eigenvalue weighted by Gasteiger charge is -2.37. The third-order valence-electron chi connectivity index (χ3n) is 11.6. The first-order chi connectivity index (χ1) is 23.3. The molecular formula is C35H41FN5O6PS. The standard InChI is InChI=1S/C35H41FN5O6PS/c1-39(2)27-7-10-37-17-25(27)23-16-35(8-9-35)40(18-23)34(44)28-5-4-24-13-20-12-21(20)14-26(33(43)41(24)28)38-32(42)30-15-22-11-19(3-6-29(22)49-30)31(36)48(45,46)47/h3,6-7,10-11,15,17,20-21,23-24,26,28,31H,4-5,8-9,12-14,16,18H2,1-2H3,(H,38,42)(H2,45,46,47)/t20-,21+,23-,24-,26?,28+,31-/m1/s1. The van der Waals surface area contributed by atoms with E-state index >= 15 is 0 Å². The quantitative estimate of drug-likeness (QED) is 0.293. The van der Waals surface area contributed by atoms with Gasteiger partial charge in [-0.2, -0.15) is 0 Å². The molecule has 5 fully saturated rings. The number of hydrogen-bond acceptors (Lipinski definition) is 7. The van der Waals surface area contributed by atoms with Crippen molar-refractivity contribution in [3.05, 3.63) is 58.7 Å². The number of alkyl halides is 1. The van der Waals surface area contributed by atoms with Crippen LogP contribution in [-0.2, 0) is 14.2 Å². The molecule has 3 aliphatic heterocycles. The molecular weight excluding hydrogens is 668 g/mol.